The number of hydrogen-bond donors (Lipinski definition) is 6. The van der Waals surface area contributed by atoms with Crippen LogP contribution in [0.2, 0.25) is 0 Å². The van der Waals surface area contributed by atoms with E-state index < -0.39 is 24.8 Å². The first-order chi connectivity index (χ1) is 5.15. The first-order valence-corrected chi connectivity index (χ1v) is 5.78. The predicted octanol–water partition coefficient (Wildman–Crippen LogP) is -1.92. The highest BCUT2D eigenvalue weighted by Gasteiger charge is 2.00. The van der Waals surface area contributed by atoms with Crippen molar-refractivity contribution in [3.8, 4) is 0 Å². The van der Waals surface area contributed by atoms with Gasteiger partial charge in [0.05, 0.1) is 0 Å². The molecular formula is H9O9P3. The molecule has 1 unspecified atom stereocenters. The fraction of sp³-hybridized carbons (Fsp3) is 0. The molecule has 12 heteroatoms. The van der Waals surface area contributed by atoms with Crippen molar-refractivity contribution < 1.29 is 43.1 Å². The van der Waals surface area contributed by atoms with Crippen LogP contribution >= 0.6 is 24.8 Å². The van der Waals surface area contributed by atoms with E-state index in [4.69, 9.17) is 43.1 Å². The Kier molecular flexibility index (Phi) is 17.4. The van der Waals surface area contributed by atoms with Crippen LogP contribution in [0.15, 0.2) is 0 Å². The Balaban J connectivity index is -0.000000105. The maximum absolute atomic E-state index is 8.88. The highest BCUT2D eigenvalue weighted by Crippen LogP contribution is 2.25. The molecule has 0 aromatic heterocycles. The third-order valence-corrected chi connectivity index (χ3v) is 0. The summed E-state index contributed by atoms with van der Waals surface area (Å²) >= 11 is 0. The van der Waals surface area contributed by atoms with Gasteiger partial charge in [0.1, 0.15) is 0 Å². The molecule has 0 heterocycles. The van der Waals surface area contributed by atoms with Crippen molar-refractivity contribution in [2.75, 3.05) is 0 Å². The van der Waals surface area contributed by atoms with Crippen molar-refractivity contribution in [3.63, 3.8) is 0 Å². The fourth-order valence-corrected chi connectivity index (χ4v) is 0. The van der Waals surface area contributed by atoms with Gasteiger partial charge in [0.15, 0.2) is 8.69 Å². The smallest absolute Gasteiger partial charge is 0.348 e. The van der Waals surface area contributed by atoms with Crippen molar-refractivity contribution in [2.45, 2.75) is 0 Å². The largest absolute Gasteiger partial charge is 0.466 e. The molecule has 6 N–H and O–H groups in total. The zero-order valence-electron chi connectivity index (χ0n) is 5.43. The summed E-state index contributed by atoms with van der Waals surface area (Å²) in [5.41, 5.74) is 0. The van der Waals surface area contributed by atoms with E-state index in [0.29, 0.717) is 0 Å². The molecule has 0 amide bonds. The van der Waals surface area contributed by atoms with Gasteiger partial charge in [-0.25, -0.2) is 4.57 Å². The molecule has 1 atom stereocenters. The van der Waals surface area contributed by atoms with E-state index in [-0.39, 0.29) is 0 Å². The van der Waals surface area contributed by atoms with Gasteiger partial charge in [-0.2, -0.15) is 0 Å². The summed E-state index contributed by atoms with van der Waals surface area (Å²) < 4.78 is 26.2. The third-order valence-electron chi connectivity index (χ3n) is 0. The molecule has 0 fully saturated rings. The van der Waals surface area contributed by atoms with Gasteiger partial charge in [-0.1, -0.05) is 0 Å². The number of rotatable bonds is 0. The normalized spacial score (nSPS) is 10.2. The van der Waals surface area contributed by atoms with Gasteiger partial charge in [-0.15, -0.1) is 0 Å². The quantitative estimate of drug-likeness (QED) is 0.266. The summed E-state index contributed by atoms with van der Waals surface area (Å²) in [5, 5.41) is 0. The summed E-state index contributed by atoms with van der Waals surface area (Å²) in [4.78, 5) is 43.0. The van der Waals surface area contributed by atoms with Gasteiger partial charge in [-0.3, -0.25) is 9.13 Å². The molecule has 0 aliphatic rings. The Bertz CT molecular complexity index is 141. The summed E-state index contributed by atoms with van der Waals surface area (Å²) in [6.45, 7) is 0. The van der Waals surface area contributed by atoms with Crippen LogP contribution < -0.4 is 0 Å². The van der Waals surface area contributed by atoms with Gasteiger partial charge in [0.25, 0.3) is 0 Å². The minimum absolute atomic E-state index is 1.50. The Morgan fingerprint density at radius 1 is 1.17 bits per heavy atom. The van der Waals surface area contributed by atoms with Gasteiger partial charge in [0.2, 0.25) is 0 Å². The van der Waals surface area contributed by atoms with Crippen molar-refractivity contribution in [2.24, 2.45) is 0 Å². The summed E-state index contributed by atoms with van der Waals surface area (Å²) in [6, 6.07) is 0. The summed E-state index contributed by atoms with van der Waals surface area (Å²) in [7, 11) is -9.27. The van der Waals surface area contributed by atoms with Crippen LogP contribution in [0.1, 0.15) is 0 Å². The second-order valence-corrected chi connectivity index (χ2v) is 2.70. The molecule has 12 heavy (non-hydrogen) atoms. The number of hydrogen-bond acceptors (Lipinski definition) is 3. The van der Waals surface area contributed by atoms with Gasteiger partial charge < -0.3 is 29.4 Å². The topological polar surface area (TPSA) is 173 Å². The lowest BCUT2D eigenvalue weighted by atomic mass is 15.8. The highest BCUT2D eigenvalue weighted by atomic mass is 31.2. The molecule has 0 bridgehead atoms. The van der Waals surface area contributed by atoms with Gasteiger partial charge >= 0.3 is 16.1 Å². The molecule has 0 aliphatic carbocycles. The van der Waals surface area contributed by atoms with Gasteiger partial charge in [-0.05, 0) is 0 Å². The van der Waals surface area contributed by atoms with E-state index in [1.165, 1.54) is 0 Å². The Morgan fingerprint density at radius 3 is 1.17 bits per heavy atom. The zero-order chi connectivity index (χ0) is 10.8. The number of phosphoric acid groups is 1. The van der Waals surface area contributed by atoms with Crippen LogP contribution in [0.3, 0.4) is 0 Å². The van der Waals surface area contributed by atoms with Crippen LogP contribution in [0.25, 0.3) is 0 Å². The predicted molar refractivity (Wildman–Crippen MR) is 40.3 cm³/mol. The lowest BCUT2D eigenvalue weighted by molar-refractivity contribution is 0.275. The van der Waals surface area contributed by atoms with E-state index in [2.05, 4.69) is 0 Å². The molecule has 0 rings (SSSR count). The maximum Gasteiger partial charge on any atom is 0.466 e. The molecular weight excluding hydrogens is 237 g/mol. The second kappa shape index (κ2) is 11.4. The first-order valence-electron chi connectivity index (χ1n) is 1.93. The molecule has 78 valence electrons. The van der Waals surface area contributed by atoms with E-state index in [1.54, 1.807) is 0 Å². The molecule has 0 radical (unpaired) electrons. The van der Waals surface area contributed by atoms with Crippen LogP contribution in [0.4, 0.5) is 0 Å². The Labute approximate surface area is 68.8 Å². The monoisotopic (exact) mass is 246 g/mol. The Morgan fingerprint density at radius 2 is 1.17 bits per heavy atom. The van der Waals surface area contributed by atoms with Gasteiger partial charge in [0, 0.05) is 0 Å². The van der Waals surface area contributed by atoms with E-state index in [1.807, 2.05) is 0 Å². The highest BCUT2D eigenvalue weighted by molar-refractivity contribution is 7.45. The maximum atomic E-state index is 8.88. The summed E-state index contributed by atoms with van der Waals surface area (Å²) in [5.74, 6) is 0. The SMILES string of the molecule is O=P(O)(O)O.O=[PH2]O.O=[PH](O)O. The molecule has 0 saturated carbocycles. The molecule has 0 aliphatic heterocycles. The summed E-state index contributed by atoms with van der Waals surface area (Å²) in [6.07, 6.45) is 0. The minimum Gasteiger partial charge on any atom is -0.348 e. The molecule has 0 spiro atoms. The van der Waals surface area contributed by atoms with E-state index >= 15 is 0 Å². The van der Waals surface area contributed by atoms with Crippen LogP contribution in [0, 0.1) is 0 Å². The average Bonchev–Trinajstić information content (AvgIpc) is 1.56. The first kappa shape index (κ1) is 18.3. The standard InChI is InChI=1S/H3O4P.H3O3P.H3O2P/c1-5(2,3)4;1-4(2)3;1-3-2/h(H3,1,2,3,4);4H,(H2,1,2,3);3H2,(H,1,2). The van der Waals surface area contributed by atoms with E-state index in [0.717, 1.165) is 0 Å². The average molecular weight is 246 g/mol. The van der Waals surface area contributed by atoms with Crippen molar-refractivity contribution in [1.29, 1.82) is 0 Å². The second-order valence-electron chi connectivity index (χ2n) is 0.901. The molecule has 9 nitrogen and oxygen atoms in total. The van der Waals surface area contributed by atoms with Crippen molar-refractivity contribution in [1.82, 2.24) is 0 Å². The van der Waals surface area contributed by atoms with Crippen LogP contribution in [-0.4, -0.2) is 29.4 Å². The minimum atomic E-state index is -4.64. The Hall–Kier alpha value is 0.450. The van der Waals surface area contributed by atoms with E-state index in [9.17, 15) is 0 Å². The van der Waals surface area contributed by atoms with Crippen molar-refractivity contribution in [3.05, 3.63) is 0 Å². The van der Waals surface area contributed by atoms with Crippen molar-refractivity contribution >= 4 is 24.8 Å². The third kappa shape index (κ3) is 4610. The lowest BCUT2D eigenvalue weighted by Gasteiger charge is -1.82. The molecule has 0 saturated heterocycles. The zero-order valence-corrected chi connectivity index (χ0v) is 8.48. The lowest BCUT2D eigenvalue weighted by Crippen LogP contribution is -1.66. The van der Waals surface area contributed by atoms with Crippen LogP contribution in [0.5, 0.6) is 0 Å². The molecule has 0 aromatic carbocycles. The molecule has 0 aromatic rings. The van der Waals surface area contributed by atoms with Crippen LogP contribution in [-0.2, 0) is 13.7 Å². The fourth-order valence-electron chi connectivity index (χ4n) is 0.